The summed E-state index contributed by atoms with van der Waals surface area (Å²) in [6.07, 6.45) is 2.14. The SMILES string of the molecule is CC1(CN)CCN(C(=O)C2SCCc3sccc32)C1. The molecule has 2 unspecified atom stereocenters. The highest BCUT2D eigenvalue weighted by molar-refractivity contribution is 8.00. The molecule has 1 amide bonds. The van der Waals surface area contributed by atoms with E-state index in [1.54, 1.807) is 23.1 Å². The highest BCUT2D eigenvalue weighted by Gasteiger charge is 2.39. The second-order valence-electron chi connectivity index (χ2n) is 5.82. The molecule has 2 aliphatic heterocycles. The predicted molar refractivity (Wildman–Crippen MR) is 81.6 cm³/mol. The second-order valence-corrected chi connectivity index (χ2v) is 8.04. The topological polar surface area (TPSA) is 46.3 Å². The van der Waals surface area contributed by atoms with E-state index in [1.807, 2.05) is 4.90 Å². The van der Waals surface area contributed by atoms with Crippen molar-refractivity contribution in [3.05, 3.63) is 21.9 Å². The van der Waals surface area contributed by atoms with Crippen LogP contribution in [-0.2, 0) is 11.2 Å². The molecule has 0 spiro atoms. The Hall–Kier alpha value is -0.520. The van der Waals surface area contributed by atoms with Gasteiger partial charge in [0.1, 0.15) is 5.25 Å². The number of aryl methyl sites for hydroxylation is 1. The molecule has 0 aliphatic carbocycles. The summed E-state index contributed by atoms with van der Waals surface area (Å²) in [7, 11) is 0. The number of hydrogen-bond donors (Lipinski definition) is 1. The number of amides is 1. The van der Waals surface area contributed by atoms with E-state index in [0.29, 0.717) is 12.5 Å². The number of nitrogens with zero attached hydrogens (tertiary/aromatic N) is 1. The molecule has 1 aromatic rings. The molecule has 3 nitrogen and oxygen atoms in total. The summed E-state index contributed by atoms with van der Waals surface area (Å²) in [5.41, 5.74) is 7.20. The Labute approximate surface area is 122 Å². The summed E-state index contributed by atoms with van der Waals surface area (Å²) in [6, 6.07) is 2.13. The Kier molecular flexibility index (Phi) is 3.62. The lowest BCUT2D eigenvalue weighted by atomic mass is 9.90. The maximum absolute atomic E-state index is 12.7. The first-order chi connectivity index (χ1) is 9.13. The van der Waals surface area contributed by atoms with Crippen LogP contribution in [0.5, 0.6) is 0 Å². The van der Waals surface area contributed by atoms with Crippen LogP contribution in [0.1, 0.15) is 29.0 Å². The van der Waals surface area contributed by atoms with E-state index in [2.05, 4.69) is 18.4 Å². The molecule has 1 fully saturated rings. The molecule has 3 rings (SSSR count). The van der Waals surface area contributed by atoms with Gasteiger partial charge < -0.3 is 10.6 Å². The molecule has 0 bridgehead atoms. The number of fused-ring (bicyclic) bond motifs is 1. The molecule has 19 heavy (non-hydrogen) atoms. The fraction of sp³-hybridized carbons (Fsp3) is 0.643. The zero-order valence-corrected chi connectivity index (χ0v) is 12.9. The first-order valence-corrected chi connectivity index (χ1v) is 8.72. The van der Waals surface area contributed by atoms with E-state index in [1.165, 1.54) is 10.4 Å². The third-order valence-corrected chi connectivity index (χ3v) is 6.49. The molecule has 1 aromatic heterocycles. The molecule has 5 heteroatoms. The van der Waals surface area contributed by atoms with Gasteiger partial charge in [0.05, 0.1) is 0 Å². The molecule has 1 saturated heterocycles. The Morgan fingerprint density at radius 3 is 3.21 bits per heavy atom. The van der Waals surface area contributed by atoms with E-state index in [-0.39, 0.29) is 10.7 Å². The van der Waals surface area contributed by atoms with Crippen molar-refractivity contribution in [3.8, 4) is 0 Å². The minimum atomic E-state index is 0.0233. The highest BCUT2D eigenvalue weighted by Crippen LogP contribution is 2.42. The second kappa shape index (κ2) is 5.11. The van der Waals surface area contributed by atoms with Crippen molar-refractivity contribution in [2.45, 2.75) is 25.0 Å². The maximum Gasteiger partial charge on any atom is 0.240 e. The fourth-order valence-electron chi connectivity index (χ4n) is 2.90. The average molecular weight is 296 g/mol. The van der Waals surface area contributed by atoms with Crippen molar-refractivity contribution in [3.63, 3.8) is 0 Å². The first kappa shape index (κ1) is 13.5. The largest absolute Gasteiger partial charge is 0.341 e. The molecule has 0 saturated carbocycles. The molecule has 104 valence electrons. The molecule has 0 aromatic carbocycles. The lowest BCUT2D eigenvalue weighted by Gasteiger charge is -2.28. The van der Waals surface area contributed by atoms with Gasteiger partial charge in [0.15, 0.2) is 0 Å². The number of carbonyl (C=O) groups is 1. The molecular weight excluding hydrogens is 276 g/mol. The lowest BCUT2D eigenvalue weighted by Crippen LogP contribution is -2.37. The van der Waals surface area contributed by atoms with Gasteiger partial charge in [-0.25, -0.2) is 0 Å². The number of thiophene rings is 1. The quantitative estimate of drug-likeness (QED) is 0.911. The summed E-state index contributed by atoms with van der Waals surface area (Å²) >= 11 is 3.59. The van der Waals surface area contributed by atoms with E-state index in [9.17, 15) is 4.79 Å². The van der Waals surface area contributed by atoms with E-state index in [0.717, 1.165) is 31.7 Å². The van der Waals surface area contributed by atoms with Crippen LogP contribution in [0.15, 0.2) is 11.4 Å². The van der Waals surface area contributed by atoms with Gasteiger partial charge in [-0.3, -0.25) is 4.79 Å². The van der Waals surface area contributed by atoms with Crippen molar-refractivity contribution >= 4 is 29.0 Å². The molecule has 2 aliphatic rings. The Bertz CT molecular complexity index is 488. The van der Waals surface area contributed by atoms with Crippen LogP contribution >= 0.6 is 23.1 Å². The lowest BCUT2D eigenvalue weighted by molar-refractivity contribution is -0.130. The molecule has 2 N–H and O–H groups in total. The van der Waals surface area contributed by atoms with Crippen molar-refractivity contribution in [1.29, 1.82) is 0 Å². The van der Waals surface area contributed by atoms with Crippen LogP contribution in [0.3, 0.4) is 0 Å². The van der Waals surface area contributed by atoms with Crippen LogP contribution in [0.4, 0.5) is 0 Å². The van der Waals surface area contributed by atoms with Gasteiger partial charge in [0.25, 0.3) is 0 Å². The van der Waals surface area contributed by atoms with E-state index >= 15 is 0 Å². The Morgan fingerprint density at radius 2 is 2.47 bits per heavy atom. The van der Waals surface area contributed by atoms with Crippen molar-refractivity contribution in [1.82, 2.24) is 4.90 Å². The van der Waals surface area contributed by atoms with Crippen LogP contribution in [0.25, 0.3) is 0 Å². The third-order valence-electron chi connectivity index (χ3n) is 4.26. The Morgan fingerprint density at radius 1 is 1.63 bits per heavy atom. The Balaban J connectivity index is 1.76. The van der Waals surface area contributed by atoms with Crippen LogP contribution in [0.2, 0.25) is 0 Å². The van der Waals surface area contributed by atoms with Crippen molar-refractivity contribution in [2.75, 3.05) is 25.4 Å². The number of rotatable bonds is 2. The van der Waals surface area contributed by atoms with E-state index in [4.69, 9.17) is 5.73 Å². The number of likely N-dealkylation sites (tertiary alicyclic amines) is 1. The normalized spacial score (nSPS) is 30.4. The number of hydrogen-bond acceptors (Lipinski definition) is 4. The van der Waals surface area contributed by atoms with Gasteiger partial charge in [0, 0.05) is 18.0 Å². The first-order valence-electron chi connectivity index (χ1n) is 6.80. The molecule has 0 radical (unpaired) electrons. The zero-order valence-electron chi connectivity index (χ0n) is 11.2. The van der Waals surface area contributed by atoms with Gasteiger partial charge >= 0.3 is 0 Å². The standard InChI is InChI=1S/C14H20N2OS2/c1-14(8-15)4-5-16(9-14)13(17)12-10-2-6-18-11(10)3-7-19-12/h2,6,12H,3-5,7-9,15H2,1H3. The monoisotopic (exact) mass is 296 g/mol. The summed E-state index contributed by atoms with van der Waals surface area (Å²) < 4.78 is 0. The summed E-state index contributed by atoms with van der Waals surface area (Å²) in [5, 5.41) is 2.14. The van der Waals surface area contributed by atoms with Crippen molar-refractivity contribution in [2.24, 2.45) is 11.1 Å². The third kappa shape index (κ3) is 2.43. The zero-order chi connectivity index (χ0) is 13.5. The minimum Gasteiger partial charge on any atom is -0.341 e. The smallest absolute Gasteiger partial charge is 0.240 e. The molecular formula is C14H20N2OS2. The number of carbonyl (C=O) groups excluding carboxylic acids is 1. The van der Waals surface area contributed by atoms with Gasteiger partial charge in [-0.1, -0.05) is 6.92 Å². The number of nitrogens with two attached hydrogens (primary N) is 1. The molecule has 3 heterocycles. The highest BCUT2D eigenvalue weighted by atomic mass is 32.2. The number of thioether (sulfide) groups is 1. The van der Waals surface area contributed by atoms with Gasteiger partial charge in [0.2, 0.25) is 5.91 Å². The van der Waals surface area contributed by atoms with Gasteiger partial charge in [-0.15, -0.1) is 23.1 Å². The van der Waals surface area contributed by atoms with Gasteiger partial charge in [-0.05, 0) is 47.6 Å². The van der Waals surface area contributed by atoms with Gasteiger partial charge in [-0.2, -0.15) is 0 Å². The summed E-state index contributed by atoms with van der Waals surface area (Å²) in [5.74, 6) is 1.35. The summed E-state index contributed by atoms with van der Waals surface area (Å²) in [6.45, 7) is 4.53. The van der Waals surface area contributed by atoms with Crippen molar-refractivity contribution < 1.29 is 4.79 Å². The van der Waals surface area contributed by atoms with E-state index < -0.39 is 0 Å². The fourth-order valence-corrected chi connectivity index (χ4v) is 5.27. The van der Waals surface area contributed by atoms with Crippen LogP contribution in [-0.4, -0.2) is 36.2 Å². The average Bonchev–Trinajstić information content (AvgIpc) is 3.04. The minimum absolute atomic E-state index is 0.0233. The molecule has 2 atom stereocenters. The van der Waals surface area contributed by atoms with Crippen LogP contribution in [0, 0.1) is 5.41 Å². The summed E-state index contributed by atoms with van der Waals surface area (Å²) in [4.78, 5) is 16.2. The maximum atomic E-state index is 12.7. The van der Waals surface area contributed by atoms with Crippen LogP contribution < -0.4 is 5.73 Å². The predicted octanol–water partition coefficient (Wildman–Crippen LogP) is 2.28.